The van der Waals surface area contributed by atoms with E-state index in [1.165, 1.54) is 0 Å². The van der Waals surface area contributed by atoms with Gasteiger partial charge in [-0.05, 0) is 29.7 Å². The van der Waals surface area contributed by atoms with Crippen LogP contribution in [-0.2, 0) is 6.42 Å². The first-order valence-corrected chi connectivity index (χ1v) is 7.00. The topological polar surface area (TPSA) is 43.1 Å². The van der Waals surface area contributed by atoms with Crippen LogP contribution in [-0.4, -0.2) is 4.92 Å². The van der Waals surface area contributed by atoms with Crippen molar-refractivity contribution in [3.8, 4) is 0 Å². The molecule has 0 aliphatic rings. The molecule has 4 heteroatoms. The second-order valence-corrected chi connectivity index (χ2v) is 5.42. The van der Waals surface area contributed by atoms with E-state index in [1.54, 1.807) is 6.08 Å². The molecule has 0 atom stereocenters. The summed E-state index contributed by atoms with van der Waals surface area (Å²) in [6, 6.07) is 15.2. The molecule has 20 heavy (non-hydrogen) atoms. The fraction of sp³-hybridized carbons (Fsp3) is 0.125. The van der Waals surface area contributed by atoms with Crippen LogP contribution in [0.5, 0.6) is 0 Å². The lowest BCUT2D eigenvalue weighted by atomic mass is 10.1. The Labute approximate surface area is 126 Å². The van der Waals surface area contributed by atoms with E-state index in [2.05, 4.69) is 15.9 Å². The van der Waals surface area contributed by atoms with Crippen molar-refractivity contribution in [3.63, 3.8) is 0 Å². The molecule has 0 fully saturated rings. The highest BCUT2D eigenvalue weighted by Gasteiger charge is 2.12. The van der Waals surface area contributed by atoms with Gasteiger partial charge >= 0.3 is 0 Å². The van der Waals surface area contributed by atoms with Crippen molar-refractivity contribution in [1.82, 2.24) is 0 Å². The van der Waals surface area contributed by atoms with Gasteiger partial charge in [-0.1, -0.05) is 58.4 Å². The first-order valence-electron chi connectivity index (χ1n) is 6.21. The van der Waals surface area contributed by atoms with Crippen LogP contribution in [0.15, 0.2) is 58.7 Å². The monoisotopic (exact) mass is 331 g/mol. The molecule has 0 unspecified atom stereocenters. The van der Waals surface area contributed by atoms with Gasteiger partial charge in [-0.3, -0.25) is 10.1 Å². The number of nitrogens with zero attached hydrogens (tertiary/aromatic N) is 1. The van der Waals surface area contributed by atoms with E-state index >= 15 is 0 Å². The third kappa shape index (κ3) is 3.78. The molecule has 0 radical (unpaired) electrons. The molecule has 0 aliphatic heterocycles. The average Bonchev–Trinajstić information content (AvgIpc) is 2.43. The van der Waals surface area contributed by atoms with Gasteiger partial charge in [0.25, 0.3) is 5.70 Å². The number of allylic oxidation sites excluding steroid dienone is 1. The van der Waals surface area contributed by atoms with E-state index in [0.29, 0.717) is 6.42 Å². The normalized spacial score (nSPS) is 11.4. The lowest BCUT2D eigenvalue weighted by molar-refractivity contribution is -0.425. The summed E-state index contributed by atoms with van der Waals surface area (Å²) in [7, 11) is 0. The minimum Gasteiger partial charge on any atom is -0.259 e. The molecule has 0 aromatic heterocycles. The highest BCUT2D eigenvalue weighted by Crippen LogP contribution is 2.20. The summed E-state index contributed by atoms with van der Waals surface area (Å²) in [6.45, 7) is 1.98. The highest BCUT2D eigenvalue weighted by atomic mass is 79.9. The van der Waals surface area contributed by atoms with E-state index in [4.69, 9.17) is 0 Å². The summed E-state index contributed by atoms with van der Waals surface area (Å²) < 4.78 is 0.952. The van der Waals surface area contributed by atoms with Crippen molar-refractivity contribution in [2.75, 3.05) is 0 Å². The molecule has 2 rings (SSSR count). The zero-order chi connectivity index (χ0) is 14.5. The minimum atomic E-state index is -0.319. The summed E-state index contributed by atoms with van der Waals surface area (Å²) in [5, 5.41) is 11.2. The lowest BCUT2D eigenvalue weighted by Gasteiger charge is -2.02. The van der Waals surface area contributed by atoms with E-state index in [0.717, 1.165) is 21.2 Å². The van der Waals surface area contributed by atoms with Gasteiger partial charge in [0.15, 0.2) is 0 Å². The minimum absolute atomic E-state index is 0.187. The number of benzene rings is 2. The fourth-order valence-corrected chi connectivity index (χ4v) is 2.26. The number of nitro groups is 1. The SMILES string of the molecule is Cc1ccc(/C=C(/Cc2ccccc2)[N+](=O)[O-])cc1Br. The maximum atomic E-state index is 11.2. The van der Waals surface area contributed by atoms with Crippen molar-refractivity contribution in [2.24, 2.45) is 0 Å². The Bertz CT molecular complexity index is 651. The Morgan fingerprint density at radius 1 is 1.25 bits per heavy atom. The fourth-order valence-electron chi connectivity index (χ4n) is 1.86. The number of hydrogen-bond acceptors (Lipinski definition) is 2. The second kappa shape index (κ2) is 6.48. The quantitative estimate of drug-likeness (QED) is 0.606. The molecule has 3 nitrogen and oxygen atoms in total. The standard InChI is InChI=1S/C16H14BrNO2/c1-12-7-8-14(11-16(12)17)10-15(18(19)20)9-13-5-3-2-4-6-13/h2-8,10-11H,9H2,1H3/b15-10-. The van der Waals surface area contributed by atoms with E-state index in [1.807, 2.05) is 55.5 Å². The predicted octanol–water partition coefficient (Wildman–Crippen LogP) is 4.62. The maximum Gasteiger partial charge on any atom is 0.251 e. The van der Waals surface area contributed by atoms with Gasteiger partial charge in [-0.15, -0.1) is 0 Å². The van der Waals surface area contributed by atoms with Crippen molar-refractivity contribution in [2.45, 2.75) is 13.3 Å². The van der Waals surface area contributed by atoms with E-state index in [-0.39, 0.29) is 10.6 Å². The first kappa shape index (κ1) is 14.5. The molecular formula is C16H14BrNO2. The Morgan fingerprint density at radius 2 is 1.95 bits per heavy atom. The molecule has 102 valence electrons. The van der Waals surface area contributed by atoms with Crippen LogP contribution < -0.4 is 0 Å². The molecule has 0 amide bonds. The van der Waals surface area contributed by atoms with Crippen molar-refractivity contribution >= 4 is 22.0 Å². The van der Waals surface area contributed by atoms with Gasteiger partial charge in [0, 0.05) is 10.5 Å². The third-order valence-electron chi connectivity index (χ3n) is 2.99. The smallest absolute Gasteiger partial charge is 0.251 e. The molecule has 0 N–H and O–H groups in total. The van der Waals surface area contributed by atoms with Gasteiger partial charge in [-0.2, -0.15) is 0 Å². The zero-order valence-electron chi connectivity index (χ0n) is 11.0. The molecular weight excluding hydrogens is 318 g/mol. The van der Waals surface area contributed by atoms with Crippen LogP contribution in [0.4, 0.5) is 0 Å². The summed E-state index contributed by atoms with van der Waals surface area (Å²) in [4.78, 5) is 10.9. The van der Waals surface area contributed by atoms with Crippen LogP contribution in [0.3, 0.4) is 0 Å². The summed E-state index contributed by atoms with van der Waals surface area (Å²) >= 11 is 3.44. The van der Waals surface area contributed by atoms with Crippen molar-refractivity contribution in [3.05, 3.63) is 85.5 Å². The van der Waals surface area contributed by atoms with Crippen LogP contribution >= 0.6 is 15.9 Å². The molecule has 0 saturated carbocycles. The Morgan fingerprint density at radius 3 is 2.55 bits per heavy atom. The van der Waals surface area contributed by atoms with Gasteiger partial charge in [0.05, 0.1) is 11.3 Å². The molecule has 0 heterocycles. The summed E-state index contributed by atoms with van der Waals surface area (Å²) in [5.41, 5.74) is 3.05. The van der Waals surface area contributed by atoms with E-state index in [9.17, 15) is 10.1 Å². The van der Waals surface area contributed by atoms with Crippen LogP contribution in [0.1, 0.15) is 16.7 Å². The van der Waals surface area contributed by atoms with Gasteiger partial charge < -0.3 is 0 Å². The number of rotatable bonds is 4. The third-order valence-corrected chi connectivity index (χ3v) is 3.85. The Hall–Kier alpha value is -1.94. The second-order valence-electron chi connectivity index (χ2n) is 4.56. The van der Waals surface area contributed by atoms with Crippen LogP contribution in [0.25, 0.3) is 6.08 Å². The van der Waals surface area contributed by atoms with Crippen molar-refractivity contribution < 1.29 is 4.92 Å². The van der Waals surface area contributed by atoms with E-state index < -0.39 is 0 Å². The molecule has 0 saturated heterocycles. The number of hydrogen-bond donors (Lipinski definition) is 0. The summed E-state index contributed by atoms with van der Waals surface area (Å²) in [5.74, 6) is 0. The Balaban J connectivity index is 2.30. The van der Waals surface area contributed by atoms with Gasteiger partial charge in [0.2, 0.25) is 0 Å². The average molecular weight is 332 g/mol. The van der Waals surface area contributed by atoms with Crippen molar-refractivity contribution in [1.29, 1.82) is 0 Å². The molecule has 2 aromatic carbocycles. The molecule has 0 spiro atoms. The first-order chi connectivity index (χ1) is 9.56. The highest BCUT2D eigenvalue weighted by molar-refractivity contribution is 9.10. The molecule has 2 aromatic rings. The predicted molar refractivity (Wildman–Crippen MR) is 84.0 cm³/mol. The van der Waals surface area contributed by atoms with Gasteiger partial charge in [-0.25, -0.2) is 0 Å². The lowest BCUT2D eigenvalue weighted by Crippen LogP contribution is -2.02. The number of aryl methyl sites for hydroxylation is 1. The Kier molecular flexibility index (Phi) is 4.69. The number of halogens is 1. The zero-order valence-corrected chi connectivity index (χ0v) is 12.6. The molecule has 0 bridgehead atoms. The van der Waals surface area contributed by atoms with Crippen LogP contribution in [0, 0.1) is 17.0 Å². The van der Waals surface area contributed by atoms with Gasteiger partial charge in [0.1, 0.15) is 0 Å². The molecule has 0 aliphatic carbocycles. The van der Waals surface area contributed by atoms with Crippen LogP contribution in [0.2, 0.25) is 0 Å². The maximum absolute atomic E-state index is 11.2. The summed E-state index contributed by atoms with van der Waals surface area (Å²) in [6.07, 6.45) is 1.94. The largest absolute Gasteiger partial charge is 0.259 e.